The molecule has 43 heavy (non-hydrogen) atoms. The number of hydrogen-bond acceptors (Lipinski definition) is 8. The van der Waals surface area contributed by atoms with Crippen molar-refractivity contribution in [3.8, 4) is 17.2 Å². The molecule has 1 atom stereocenters. The molecule has 1 aliphatic carbocycles. The number of hydrogen-bond donors (Lipinski definition) is 6. The molecule has 5 rings (SSSR count). The lowest BCUT2D eigenvalue weighted by Crippen LogP contribution is -2.45. The number of amides is 2. The number of hydrazone groups is 1. The van der Waals surface area contributed by atoms with Crippen molar-refractivity contribution in [2.75, 3.05) is 11.9 Å². The van der Waals surface area contributed by atoms with Gasteiger partial charge in [-0.25, -0.2) is 5.53 Å². The van der Waals surface area contributed by atoms with Crippen molar-refractivity contribution >= 4 is 23.3 Å². The fourth-order valence-electron chi connectivity index (χ4n) is 5.73. The maximum atomic E-state index is 13.5. The van der Waals surface area contributed by atoms with Gasteiger partial charge in [0.1, 0.15) is 6.04 Å². The number of nitrogens with zero attached hydrogens (tertiary/aromatic N) is 2. The van der Waals surface area contributed by atoms with E-state index < -0.39 is 6.04 Å². The third-order valence-electron chi connectivity index (χ3n) is 8.33. The number of amidine groups is 1. The lowest BCUT2D eigenvalue weighted by Gasteiger charge is -2.28. The van der Waals surface area contributed by atoms with Crippen molar-refractivity contribution in [2.24, 2.45) is 22.7 Å². The molecule has 222 valence electrons. The van der Waals surface area contributed by atoms with E-state index in [1.807, 2.05) is 61.5 Å². The molecule has 1 unspecified atom stereocenters. The van der Waals surface area contributed by atoms with Crippen LogP contribution in [0.2, 0.25) is 0 Å². The monoisotopic (exact) mass is 578 g/mol. The highest BCUT2D eigenvalue weighted by Gasteiger charge is 2.26. The molecular formula is C33H38N8O2. The standard InChI is InChI=1S/C33H38N8O2/c1-21-2-3-25(20-35)16-29(21)26-10-8-22(9-11-26)17-30(37-31(42)18-23-4-6-24(19-34)7-5-23)33(43)36-28-14-12-27(13-15-28)32-38-40-41-39-32/h2-3,8-16,23-24,30,40-41H,4-7,17-19,34H2,1H3,(H,36,43)(H,37,42)(H,38,39). The molecule has 1 heterocycles. The fourth-order valence-corrected chi connectivity index (χ4v) is 5.73. The topological polar surface area (TPSA) is 156 Å². The Bertz CT molecular complexity index is 1500. The summed E-state index contributed by atoms with van der Waals surface area (Å²) in [4.78, 5) is 26.7. The van der Waals surface area contributed by atoms with E-state index in [0.29, 0.717) is 48.3 Å². The van der Waals surface area contributed by atoms with Crippen molar-refractivity contribution in [2.45, 2.75) is 51.5 Å². The second kappa shape index (κ2) is 14.0. The molecule has 0 aromatic heterocycles. The molecule has 2 aliphatic rings. The molecule has 1 aliphatic heterocycles. The van der Waals surface area contributed by atoms with Crippen molar-refractivity contribution < 1.29 is 9.59 Å². The molecule has 3 aromatic carbocycles. The third-order valence-corrected chi connectivity index (χ3v) is 8.33. The third kappa shape index (κ3) is 7.77. The Kier molecular flexibility index (Phi) is 9.66. The van der Waals surface area contributed by atoms with Crippen LogP contribution in [0.3, 0.4) is 0 Å². The molecule has 10 nitrogen and oxygen atoms in total. The van der Waals surface area contributed by atoms with Crippen LogP contribution in [0.25, 0.3) is 11.1 Å². The molecule has 2 amide bonds. The summed E-state index contributed by atoms with van der Waals surface area (Å²) >= 11 is 0. The Balaban J connectivity index is 1.29. The minimum Gasteiger partial charge on any atom is -0.344 e. The number of carbonyl (C=O) groups excluding carboxylic acids is 2. The van der Waals surface area contributed by atoms with Crippen molar-refractivity contribution in [1.29, 1.82) is 5.26 Å². The van der Waals surface area contributed by atoms with Crippen LogP contribution in [-0.2, 0) is 16.0 Å². The van der Waals surface area contributed by atoms with Crippen LogP contribution in [0.15, 0.2) is 71.8 Å². The van der Waals surface area contributed by atoms with Gasteiger partial charge in [-0.3, -0.25) is 15.0 Å². The van der Waals surface area contributed by atoms with E-state index in [1.54, 1.807) is 12.1 Å². The summed E-state index contributed by atoms with van der Waals surface area (Å²) in [5.41, 5.74) is 20.1. The van der Waals surface area contributed by atoms with Crippen LogP contribution in [0, 0.1) is 30.1 Å². The number of nitriles is 1. The number of nitrogens with one attached hydrogen (secondary N) is 5. The first-order chi connectivity index (χ1) is 20.9. The van der Waals surface area contributed by atoms with E-state index in [1.165, 1.54) is 0 Å². The van der Waals surface area contributed by atoms with Crippen LogP contribution in [-0.4, -0.2) is 30.2 Å². The normalized spacial score (nSPS) is 18.4. The number of nitrogens with two attached hydrogens (primary N) is 1. The number of benzene rings is 3. The van der Waals surface area contributed by atoms with Gasteiger partial charge in [0.15, 0.2) is 5.84 Å². The molecule has 1 saturated carbocycles. The lowest BCUT2D eigenvalue weighted by molar-refractivity contribution is -0.127. The largest absolute Gasteiger partial charge is 0.344 e. The first-order valence-corrected chi connectivity index (χ1v) is 14.8. The summed E-state index contributed by atoms with van der Waals surface area (Å²) in [7, 11) is 0. The van der Waals surface area contributed by atoms with E-state index in [2.05, 4.69) is 38.3 Å². The predicted molar refractivity (Wildman–Crippen MR) is 167 cm³/mol. The molecule has 0 saturated heterocycles. The highest BCUT2D eigenvalue weighted by atomic mass is 16.2. The Morgan fingerprint density at radius 2 is 1.70 bits per heavy atom. The first kappa shape index (κ1) is 29.8. The second-order valence-corrected chi connectivity index (χ2v) is 11.4. The van der Waals surface area contributed by atoms with Crippen molar-refractivity contribution in [3.05, 3.63) is 89.0 Å². The molecule has 0 radical (unpaired) electrons. The molecular weight excluding hydrogens is 540 g/mol. The number of carbonyl (C=O) groups is 2. The minimum atomic E-state index is -0.753. The molecule has 3 aromatic rings. The van der Waals surface area contributed by atoms with Crippen LogP contribution >= 0.6 is 0 Å². The average Bonchev–Trinajstić information content (AvgIpc) is 3.57. The maximum absolute atomic E-state index is 13.5. The fraction of sp³-hybridized carbons (Fsp3) is 0.333. The highest BCUT2D eigenvalue weighted by Crippen LogP contribution is 2.30. The summed E-state index contributed by atoms with van der Waals surface area (Å²) in [6, 6.07) is 22.3. The Labute approximate surface area is 252 Å². The van der Waals surface area contributed by atoms with Gasteiger partial charge in [0.2, 0.25) is 11.8 Å². The van der Waals surface area contributed by atoms with E-state index in [-0.39, 0.29) is 11.8 Å². The minimum absolute atomic E-state index is 0.113. The van der Waals surface area contributed by atoms with E-state index in [9.17, 15) is 14.9 Å². The van der Waals surface area contributed by atoms with Gasteiger partial charge in [0.25, 0.3) is 0 Å². The number of hydrazine groups is 2. The van der Waals surface area contributed by atoms with Crippen molar-refractivity contribution in [1.82, 2.24) is 21.8 Å². The molecule has 0 spiro atoms. The highest BCUT2D eigenvalue weighted by molar-refractivity contribution is 6.00. The summed E-state index contributed by atoms with van der Waals surface area (Å²) in [6.45, 7) is 2.71. The first-order valence-electron chi connectivity index (χ1n) is 14.8. The summed E-state index contributed by atoms with van der Waals surface area (Å²) < 4.78 is 0. The zero-order valence-corrected chi connectivity index (χ0v) is 24.3. The van der Waals surface area contributed by atoms with Gasteiger partial charge in [-0.05, 0) is 110 Å². The maximum Gasteiger partial charge on any atom is 0.247 e. The van der Waals surface area contributed by atoms with Gasteiger partial charge in [-0.1, -0.05) is 30.3 Å². The molecule has 7 N–H and O–H groups in total. The zero-order valence-electron chi connectivity index (χ0n) is 24.3. The quantitative estimate of drug-likeness (QED) is 0.215. The van der Waals surface area contributed by atoms with Gasteiger partial charge < -0.3 is 16.4 Å². The van der Waals surface area contributed by atoms with E-state index in [4.69, 9.17) is 5.73 Å². The van der Waals surface area contributed by atoms with Gasteiger partial charge >= 0.3 is 0 Å². The van der Waals surface area contributed by atoms with E-state index in [0.717, 1.165) is 53.5 Å². The number of aryl methyl sites for hydroxylation is 1. The molecule has 1 fully saturated rings. The van der Waals surface area contributed by atoms with Crippen molar-refractivity contribution in [3.63, 3.8) is 0 Å². The van der Waals surface area contributed by atoms with Gasteiger partial charge in [0, 0.05) is 24.1 Å². The van der Waals surface area contributed by atoms with E-state index >= 15 is 0 Å². The Hall–Kier alpha value is -4.72. The summed E-state index contributed by atoms with van der Waals surface area (Å²) in [5.74, 6) is 1.09. The predicted octanol–water partition coefficient (Wildman–Crippen LogP) is 3.63. The zero-order chi connectivity index (χ0) is 30.2. The SMILES string of the molecule is Cc1ccc(C#N)cc1-c1ccc(CC(NC(=O)CC2CCC(CN)CC2)C(=O)Nc2ccc(C3=NNNN3)cc2)cc1. The smallest absolute Gasteiger partial charge is 0.247 e. The Morgan fingerprint density at radius 3 is 2.35 bits per heavy atom. The van der Waals surface area contributed by atoms with Gasteiger partial charge in [-0.15, -0.1) is 10.6 Å². The summed E-state index contributed by atoms with van der Waals surface area (Å²) in [5, 5.41) is 19.4. The summed E-state index contributed by atoms with van der Waals surface area (Å²) in [6.07, 6.45) is 4.80. The van der Waals surface area contributed by atoms with Crippen LogP contribution in [0.1, 0.15) is 54.4 Å². The van der Waals surface area contributed by atoms with Crippen LogP contribution < -0.4 is 32.9 Å². The van der Waals surface area contributed by atoms with Gasteiger partial charge in [-0.2, -0.15) is 5.26 Å². The van der Waals surface area contributed by atoms with Gasteiger partial charge in [0.05, 0.1) is 11.6 Å². The molecule has 10 heteroatoms. The van der Waals surface area contributed by atoms with Crippen LogP contribution in [0.4, 0.5) is 5.69 Å². The van der Waals surface area contributed by atoms with Crippen LogP contribution in [0.5, 0.6) is 0 Å². The Morgan fingerprint density at radius 1 is 1.00 bits per heavy atom. The average molecular weight is 579 g/mol. The lowest BCUT2D eigenvalue weighted by atomic mass is 9.80. The second-order valence-electron chi connectivity index (χ2n) is 11.4. The number of rotatable bonds is 10. The number of anilines is 1. The molecule has 0 bridgehead atoms.